The molecular formula is C17H23N3O6. The highest BCUT2D eigenvalue weighted by molar-refractivity contribution is 5.84. The molecule has 26 heavy (non-hydrogen) atoms. The highest BCUT2D eigenvalue weighted by Crippen LogP contribution is 2.28. The number of ether oxygens (including phenoxy) is 2. The van der Waals surface area contributed by atoms with Gasteiger partial charge in [-0.25, -0.2) is 9.59 Å². The molecule has 1 amide bonds. The Morgan fingerprint density at radius 2 is 2.12 bits per heavy atom. The molecule has 3 N–H and O–H groups in total. The number of aliphatic hydroxyl groups excluding tert-OH is 2. The van der Waals surface area contributed by atoms with Gasteiger partial charge in [0, 0.05) is 6.20 Å². The first-order valence-electron chi connectivity index (χ1n) is 8.08. The van der Waals surface area contributed by atoms with E-state index >= 15 is 0 Å². The second kappa shape index (κ2) is 7.45. The summed E-state index contributed by atoms with van der Waals surface area (Å²) in [5, 5.41) is 22.2. The molecule has 0 bridgehead atoms. The van der Waals surface area contributed by atoms with Gasteiger partial charge in [0.2, 0.25) is 0 Å². The first-order valence-corrected chi connectivity index (χ1v) is 8.08. The van der Waals surface area contributed by atoms with E-state index in [0.29, 0.717) is 0 Å². The summed E-state index contributed by atoms with van der Waals surface area (Å²) in [6, 6.07) is 0. The van der Waals surface area contributed by atoms with Gasteiger partial charge >= 0.3 is 11.8 Å². The van der Waals surface area contributed by atoms with Gasteiger partial charge in [0.1, 0.15) is 12.2 Å². The fraction of sp³-hybridized carbons (Fsp3) is 0.588. The van der Waals surface area contributed by atoms with Crippen LogP contribution in [0.1, 0.15) is 39.5 Å². The Balaban J connectivity index is 2.24. The molecule has 4 atom stereocenters. The zero-order valence-electron chi connectivity index (χ0n) is 15.1. The van der Waals surface area contributed by atoms with E-state index in [4.69, 9.17) is 15.9 Å². The van der Waals surface area contributed by atoms with E-state index in [1.165, 1.54) is 6.20 Å². The Bertz CT molecular complexity index is 776. The lowest BCUT2D eigenvalue weighted by atomic mass is 9.99. The molecule has 0 unspecified atom stereocenters. The molecule has 0 aliphatic carbocycles. The molecule has 2 rings (SSSR count). The van der Waals surface area contributed by atoms with Gasteiger partial charge < -0.3 is 19.7 Å². The number of amides is 1. The van der Waals surface area contributed by atoms with E-state index in [0.717, 1.165) is 4.57 Å². The summed E-state index contributed by atoms with van der Waals surface area (Å²) in [6.07, 6.45) is 1.61. The summed E-state index contributed by atoms with van der Waals surface area (Å²) in [7, 11) is 0. The van der Waals surface area contributed by atoms with E-state index in [-0.39, 0.29) is 23.4 Å². The molecule has 0 saturated carbocycles. The lowest BCUT2D eigenvalue weighted by molar-refractivity contribution is -0.0350. The van der Waals surface area contributed by atoms with Crippen LogP contribution in [0.5, 0.6) is 0 Å². The highest BCUT2D eigenvalue weighted by Gasteiger charge is 2.42. The van der Waals surface area contributed by atoms with Gasteiger partial charge in [-0.05, 0) is 12.3 Å². The van der Waals surface area contributed by atoms with Crippen molar-refractivity contribution < 1.29 is 24.5 Å². The van der Waals surface area contributed by atoms with Gasteiger partial charge in [0.15, 0.2) is 12.0 Å². The van der Waals surface area contributed by atoms with Crippen LogP contribution in [0.15, 0.2) is 11.0 Å². The first-order chi connectivity index (χ1) is 12.0. The van der Waals surface area contributed by atoms with Crippen LogP contribution in [0.2, 0.25) is 0 Å². The Kier molecular flexibility index (Phi) is 5.71. The molecule has 1 saturated heterocycles. The fourth-order valence-corrected chi connectivity index (χ4v) is 2.32. The second-order valence-corrected chi connectivity index (χ2v) is 7.31. The lowest BCUT2D eigenvalue weighted by Crippen LogP contribution is -2.36. The average Bonchev–Trinajstić information content (AvgIpc) is 2.80. The van der Waals surface area contributed by atoms with Crippen LogP contribution < -0.4 is 11.0 Å². The summed E-state index contributed by atoms with van der Waals surface area (Å²) >= 11 is 0. The average molecular weight is 365 g/mol. The Morgan fingerprint density at radius 3 is 2.62 bits per heavy atom. The number of carbonyl (C=O) groups excluding carboxylic acids is 1. The summed E-state index contributed by atoms with van der Waals surface area (Å²) in [6.45, 7) is 7.42. The maximum atomic E-state index is 12.3. The third-order valence-electron chi connectivity index (χ3n) is 3.72. The van der Waals surface area contributed by atoms with Crippen molar-refractivity contribution in [1.82, 2.24) is 9.55 Å². The summed E-state index contributed by atoms with van der Waals surface area (Å²) in [5.74, 6) is 2.18. The van der Waals surface area contributed by atoms with Crippen molar-refractivity contribution >= 4 is 11.9 Å². The van der Waals surface area contributed by atoms with E-state index in [1.54, 1.807) is 6.92 Å². The normalized spacial score (nSPS) is 25.6. The summed E-state index contributed by atoms with van der Waals surface area (Å²) < 4.78 is 11.4. The van der Waals surface area contributed by atoms with Crippen LogP contribution in [0, 0.1) is 17.8 Å². The van der Waals surface area contributed by atoms with Gasteiger partial charge in [-0.3, -0.25) is 9.88 Å². The maximum absolute atomic E-state index is 12.3. The van der Waals surface area contributed by atoms with E-state index in [1.807, 2.05) is 20.8 Å². The molecule has 1 aliphatic rings. The van der Waals surface area contributed by atoms with E-state index in [2.05, 4.69) is 16.2 Å². The molecule has 0 aromatic carbocycles. The van der Waals surface area contributed by atoms with Crippen LogP contribution in [-0.4, -0.2) is 50.8 Å². The van der Waals surface area contributed by atoms with Gasteiger partial charge in [-0.1, -0.05) is 26.7 Å². The lowest BCUT2D eigenvalue weighted by Gasteiger charge is -2.19. The van der Waals surface area contributed by atoms with Crippen LogP contribution in [-0.2, 0) is 9.47 Å². The van der Waals surface area contributed by atoms with Crippen molar-refractivity contribution in [2.45, 2.75) is 52.2 Å². The molecule has 0 radical (unpaired) electrons. The number of terminal acetylenes is 1. The molecule has 1 aromatic rings. The minimum absolute atomic E-state index is 0.0992. The standard InChI is InChI=1S/C17H23N3O6/c1-6-10-7-20(14-12(22)11(21)9(2)26-14)15(23)18-13(10)19-16(24)25-8-17(3,4)5/h1,7,9,11-12,14,21-22H,8H2,2-5H3,(H,18,19,23,24)/t9-,11-,12-,14-/m1/s1. The number of hydrogen-bond acceptors (Lipinski definition) is 7. The highest BCUT2D eigenvalue weighted by atomic mass is 16.6. The molecular weight excluding hydrogens is 342 g/mol. The number of carbonyl (C=O) groups is 1. The third-order valence-corrected chi connectivity index (χ3v) is 3.72. The third kappa shape index (κ3) is 4.40. The molecule has 1 aromatic heterocycles. The number of nitrogens with one attached hydrogen (secondary N) is 1. The fourth-order valence-electron chi connectivity index (χ4n) is 2.32. The number of nitrogens with zero attached hydrogens (tertiary/aromatic N) is 2. The zero-order valence-corrected chi connectivity index (χ0v) is 15.1. The SMILES string of the molecule is C#Cc1cn([C@@H]2O[C@H](C)[C@@H](O)[C@H]2O)c(=O)nc1NC(=O)OCC(C)(C)C. The van der Waals surface area contributed by atoms with Crippen molar-refractivity contribution in [2.75, 3.05) is 11.9 Å². The number of hydrogen-bond donors (Lipinski definition) is 3. The van der Waals surface area contributed by atoms with Crippen molar-refractivity contribution in [3.8, 4) is 12.3 Å². The van der Waals surface area contributed by atoms with Crippen LogP contribution in [0.3, 0.4) is 0 Å². The Hall–Kier alpha value is -2.41. The van der Waals surface area contributed by atoms with Crippen LogP contribution in [0.25, 0.3) is 0 Å². The molecule has 1 aliphatic heterocycles. The van der Waals surface area contributed by atoms with Gasteiger partial charge in [-0.15, -0.1) is 6.42 Å². The van der Waals surface area contributed by atoms with E-state index in [9.17, 15) is 19.8 Å². The minimum atomic E-state index is -1.31. The largest absolute Gasteiger partial charge is 0.449 e. The quantitative estimate of drug-likeness (QED) is 0.665. The molecule has 1 fully saturated rings. The monoisotopic (exact) mass is 365 g/mol. The van der Waals surface area contributed by atoms with Crippen molar-refractivity contribution in [1.29, 1.82) is 0 Å². The topological polar surface area (TPSA) is 123 Å². The minimum Gasteiger partial charge on any atom is -0.449 e. The van der Waals surface area contributed by atoms with Crippen LogP contribution >= 0.6 is 0 Å². The predicted octanol–water partition coefficient (Wildman–Crippen LogP) is 0.458. The molecule has 0 spiro atoms. The predicted molar refractivity (Wildman–Crippen MR) is 92.5 cm³/mol. The smallest absolute Gasteiger partial charge is 0.412 e. The van der Waals surface area contributed by atoms with Gasteiger partial charge in [0.25, 0.3) is 0 Å². The number of aliphatic hydroxyl groups is 2. The van der Waals surface area contributed by atoms with Gasteiger partial charge in [0.05, 0.1) is 18.3 Å². The zero-order chi connectivity index (χ0) is 19.6. The molecule has 2 heterocycles. The second-order valence-electron chi connectivity index (χ2n) is 7.31. The van der Waals surface area contributed by atoms with Crippen molar-refractivity contribution in [2.24, 2.45) is 5.41 Å². The Morgan fingerprint density at radius 1 is 1.46 bits per heavy atom. The molecule has 9 heteroatoms. The number of rotatable bonds is 3. The molecule has 142 valence electrons. The number of aromatic nitrogens is 2. The molecule has 9 nitrogen and oxygen atoms in total. The Labute approximate surface area is 151 Å². The number of anilines is 1. The summed E-state index contributed by atoms with van der Waals surface area (Å²) in [4.78, 5) is 27.9. The first kappa shape index (κ1) is 19.9. The van der Waals surface area contributed by atoms with Crippen LogP contribution in [0.4, 0.5) is 10.6 Å². The van der Waals surface area contributed by atoms with Crippen molar-refractivity contribution in [3.63, 3.8) is 0 Å². The maximum Gasteiger partial charge on any atom is 0.412 e. The summed E-state index contributed by atoms with van der Waals surface area (Å²) in [5.41, 5.74) is -0.932. The van der Waals surface area contributed by atoms with Crippen molar-refractivity contribution in [3.05, 3.63) is 22.2 Å². The van der Waals surface area contributed by atoms with Gasteiger partial charge in [-0.2, -0.15) is 4.98 Å². The van der Waals surface area contributed by atoms with E-state index < -0.39 is 36.3 Å².